The molecule has 0 unspecified atom stereocenters. The van der Waals surface area contributed by atoms with Crippen LogP contribution in [0.15, 0.2) is 24.3 Å². The topological polar surface area (TPSA) is 62.3 Å². The zero-order valence-electron chi connectivity index (χ0n) is 18.5. The molecule has 2 amide bonds. The van der Waals surface area contributed by atoms with Gasteiger partial charge in [0.05, 0.1) is 0 Å². The van der Waals surface area contributed by atoms with E-state index in [-0.39, 0.29) is 24.5 Å². The number of carbonyl (C=O) groups is 2. The van der Waals surface area contributed by atoms with E-state index >= 15 is 0 Å². The van der Waals surface area contributed by atoms with E-state index in [1.807, 2.05) is 41.1 Å². The van der Waals surface area contributed by atoms with Crippen LogP contribution < -0.4 is 4.74 Å². The molecule has 3 rings (SSSR count). The minimum Gasteiger partial charge on any atom is -0.490 e. The molecule has 1 atom stereocenters. The van der Waals surface area contributed by atoms with Gasteiger partial charge in [0.15, 0.2) is 0 Å². The van der Waals surface area contributed by atoms with E-state index in [0.29, 0.717) is 24.6 Å². The monoisotopic (exact) mass is 417 g/mol. The summed E-state index contributed by atoms with van der Waals surface area (Å²) in [6.45, 7) is 4.50. The second-order valence-corrected chi connectivity index (χ2v) is 8.61. The fourth-order valence-electron chi connectivity index (χ4n) is 4.42. The molecule has 0 saturated carbocycles. The Kier molecular flexibility index (Phi) is 8.10. The molecule has 0 aromatic heterocycles. The van der Waals surface area contributed by atoms with Crippen LogP contribution in [-0.2, 0) is 9.53 Å². The molecule has 0 radical (unpaired) electrons. The van der Waals surface area contributed by atoms with Crippen LogP contribution in [0, 0.1) is 5.92 Å². The fourth-order valence-corrected chi connectivity index (χ4v) is 4.42. The smallest absolute Gasteiger partial charge is 0.253 e. The lowest BCUT2D eigenvalue weighted by molar-refractivity contribution is -0.136. The second kappa shape index (κ2) is 10.8. The summed E-state index contributed by atoms with van der Waals surface area (Å²) < 4.78 is 11.0. The highest BCUT2D eigenvalue weighted by Crippen LogP contribution is 2.21. The van der Waals surface area contributed by atoms with Gasteiger partial charge in [0, 0.05) is 58.7 Å². The van der Waals surface area contributed by atoms with Crippen molar-refractivity contribution in [3.8, 4) is 5.75 Å². The van der Waals surface area contributed by atoms with Crippen LogP contribution in [0.5, 0.6) is 5.75 Å². The summed E-state index contributed by atoms with van der Waals surface area (Å²) in [4.78, 5) is 30.7. The van der Waals surface area contributed by atoms with Crippen molar-refractivity contribution < 1.29 is 19.1 Å². The predicted molar refractivity (Wildman–Crippen MR) is 116 cm³/mol. The largest absolute Gasteiger partial charge is 0.490 e. The Morgan fingerprint density at radius 1 is 1.10 bits per heavy atom. The molecule has 2 fully saturated rings. The molecule has 0 N–H and O–H groups in total. The van der Waals surface area contributed by atoms with Crippen molar-refractivity contribution in [3.63, 3.8) is 0 Å². The van der Waals surface area contributed by atoms with Crippen molar-refractivity contribution in [2.45, 2.75) is 31.8 Å². The Bertz CT molecular complexity index is 701. The molecule has 2 heterocycles. The van der Waals surface area contributed by atoms with E-state index < -0.39 is 0 Å². The van der Waals surface area contributed by atoms with E-state index in [1.54, 1.807) is 0 Å². The van der Waals surface area contributed by atoms with Crippen LogP contribution in [0.3, 0.4) is 0 Å². The lowest BCUT2D eigenvalue weighted by Gasteiger charge is -2.32. The standard InChI is InChI=1S/C23H35N3O4/c1-24-12-4-5-18(15-24)16-25(2)23(28)19-6-8-20(9-7-19)30-21-10-13-26(14-11-21)22(27)17-29-3/h6-9,18,21H,4-5,10-17H2,1-3H3/t18-/m1/s1. The van der Waals surface area contributed by atoms with E-state index in [1.165, 1.54) is 20.0 Å². The summed E-state index contributed by atoms with van der Waals surface area (Å²) in [5.74, 6) is 1.40. The van der Waals surface area contributed by atoms with Crippen molar-refractivity contribution in [2.75, 3.05) is 60.5 Å². The number of nitrogens with zero attached hydrogens (tertiary/aromatic N) is 3. The lowest BCUT2D eigenvalue weighted by atomic mass is 9.98. The number of likely N-dealkylation sites (tertiary alicyclic amines) is 2. The first-order valence-electron chi connectivity index (χ1n) is 10.9. The summed E-state index contributed by atoms with van der Waals surface area (Å²) >= 11 is 0. The van der Waals surface area contributed by atoms with Crippen molar-refractivity contribution >= 4 is 11.8 Å². The van der Waals surface area contributed by atoms with E-state index in [0.717, 1.165) is 38.2 Å². The zero-order chi connectivity index (χ0) is 21.5. The lowest BCUT2D eigenvalue weighted by Crippen LogP contribution is -2.43. The third-order valence-electron chi connectivity index (χ3n) is 6.07. The number of amides is 2. The molecule has 2 saturated heterocycles. The maximum Gasteiger partial charge on any atom is 0.253 e. The molecular formula is C23H35N3O4. The number of benzene rings is 1. The Hall–Kier alpha value is -2.12. The van der Waals surface area contributed by atoms with Gasteiger partial charge in [-0.15, -0.1) is 0 Å². The molecule has 166 valence electrons. The summed E-state index contributed by atoms with van der Waals surface area (Å²) in [5.41, 5.74) is 0.689. The first-order chi connectivity index (χ1) is 14.5. The van der Waals surface area contributed by atoms with Crippen molar-refractivity contribution in [1.29, 1.82) is 0 Å². The summed E-state index contributed by atoms with van der Waals surface area (Å²) in [7, 11) is 5.57. The molecule has 2 aliphatic rings. The molecule has 0 aliphatic carbocycles. The minimum absolute atomic E-state index is 0.0304. The molecule has 1 aromatic rings. The van der Waals surface area contributed by atoms with Crippen molar-refractivity contribution in [3.05, 3.63) is 29.8 Å². The third kappa shape index (κ3) is 6.19. The number of hydrogen-bond acceptors (Lipinski definition) is 5. The number of ether oxygens (including phenoxy) is 2. The molecular weight excluding hydrogens is 382 g/mol. The molecule has 0 bridgehead atoms. The van der Waals surface area contributed by atoms with Gasteiger partial charge in [-0.2, -0.15) is 0 Å². The normalized spacial score (nSPS) is 20.8. The molecule has 2 aliphatic heterocycles. The second-order valence-electron chi connectivity index (χ2n) is 8.61. The number of carbonyl (C=O) groups excluding carboxylic acids is 2. The van der Waals surface area contributed by atoms with Crippen LogP contribution in [-0.4, -0.2) is 93.2 Å². The van der Waals surface area contributed by atoms with Gasteiger partial charge in [-0.3, -0.25) is 9.59 Å². The minimum atomic E-state index is 0.0304. The van der Waals surface area contributed by atoms with Crippen LogP contribution in [0.2, 0.25) is 0 Å². The van der Waals surface area contributed by atoms with Gasteiger partial charge in [0.2, 0.25) is 5.91 Å². The molecule has 7 heteroatoms. The van der Waals surface area contributed by atoms with Gasteiger partial charge in [0.1, 0.15) is 18.5 Å². The SMILES string of the molecule is COCC(=O)N1CCC(Oc2ccc(C(=O)N(C)C[C@@H]3CCCN(C)C3)cc2)CC1. The van der Waals surface area contributed by atoms with E-state index in [4.69, 9.17) is 9.47 Å². The van der Waals surface area contributed by atoms with E-state index in [9.17, 15) is 9.59 Å². The van der Waals surface area contributed by atoms with Crippen LogP contribution in [0.25, 0.3) is 0 Å². The van der Waals surface area contributed by atoms with Crippen molar-refractivity contribution in [1.82, 2.24) is 14.7 Å². The molecule has 7 nitrogen and oxygen atoms in total. The Balaban J connectivity index is 1.46. The highest BCUT2D eigenvalue weighted by molar-refractivity contribution is 5.94. The molecule has 1 aromatic carbocycles. The zero-order valence-corrected chi connectivity index (χ0v) is 18.5. The maximum absolute atomic E-state index is 12.8. The summed E-state index contributed by atoms with van der Waals surface area (Å²) in [5, 5.41) is 0. The number of piperidine rings is 2. The predicted octanol–water partition coefficient (Wildman–Crippen LogP) is 2.12. The average Bonchev–Trinajstić information content (AvgIpc) is 2.74. The van der Waals surface area contributed by atoms with Crippen LogP contribution >= 0.6 is 0 Å². The van der Waals surface area contributed by atoms with Gasteiger partial charge in [-0.1, -0.05) is 0 Å². The maximum atomic E-state index is 12.8. The first-order valence-corrected chi connectivity index (χ1v) is 10.9. The van der Waals surface area contributed by atoms with Gasteiger partial charge in [-0.25, -0.2) is 0 Å². The number of methoxy groups -OCH3 is 1. The number of hydrogen-bond donors (Lipinski definition) is 0. The first kappa shape index (κ1) is 22.6. The highest BCUT2D eigenvalue weighted by Gasteiger charge is 2.24. The van der Waals surface area contributed by atoms with Crippen molar-refractivity contribution in [2.24, 2.45) is 5.92 Å². The molecule has 30 heavy (non-hydrogen) atoms. The summed E-state index contributed by atoms with van der Waals surface area (Å²) in [6, 6.07) is 7.44. The third-order valence-corrected chi connectivity index (χ3v) is 6.07. The summed E-state index contributed by atoms with van der Waals surface area (Å²) in [6.07, 6.45) is 4.08. The Morgan fingerprint density at radius 3 is 2.43 bits per heavy atom. The Labute approximate surface area is 179 Å². The highest BCUT2D eigenvalue weighted by atomic mass is 16.5. The average molecular weight is 418 g/mol. The Morgan fingerprint density at radius 2 is 1.80 bits per heavy atom. The van der Waals surface area contributed by atoms with Gasteiger partial charge >= 0.3 is 0 Å². The quantitative estimate of drug-likeness (QED) is 0.680. The van der Waals surface area contributed by atoms with Gasteiger partial charge < -0.3 is 24.2 Å². The van der Waals surface area contributed by atoms with Gasteiger partial charge in [0.25, 0.3) is 5.91 Å². The number of rotatable bonds is 7. The van der Waals surface area contributed by atoms with Gasteiger partial charge in [-0.05, 0) is 56.6 Å². The van der Waals surface area contributed by atoms with Crippen LogP contribution in [0.1, 0.15) is 36.0 Å². The molecule has 0 spiro atoms. The van der Waals surface area contributed by atoms with E-state index in [2.05, 4.69) is 11.9 Å². The fraction of sp³-hybridized carbons (Fsp3) is 0.652. The van der Waals surface area contributed by atoms with Crippen LogP contribution in [0.4, 0.5) is 0 Å².